The van der Waals surface area contributed by atoms with E-state index in [0.717, 1.165) is 18.5 Å². The van der Waals surface area contributed by atoms with Gasteiger partial charge < -0.3 is 9.15 Å². The Hall–Kier alpha value is -2.37. The van der Waals surface area contributed by atoms with E-state index in [1.165, 1.54) is 30.7 Å². The maximum atomic E-state index is 12.1. The summed E-state index contributed by atoms with van der Waals surface area (Å²) in [5.74, 6) is -0.0125. The van der Waals surface area contributed by atoms with E-state index in [2.05, 4.69) is 9.72 Å². The van der Waals surface area contributed by atoms with Crippen LogP contribution in [0.15, 0.2) is 33.9 Å². The number of carbonyl (C=O) groups is 1. The molecule has 0 bridgehead atoms. The normalized spacial score (nSPS) is 14.7. The number of nitrogens with zero attached hydrogens (tertiary/aromatic N) is 2. The number of esters is 1. The van der Waals surface area contributed by atoms with Crippen molar-refractivity contribution >= 4 is 5.97 Å². The molecule has 6 nitrogen and oxygen atoms in total. The number of rotatable bonds is 4. The highest BCUT2D eigenvalue weighted by Crippen LogP contribution is 2.34. The molecule has 0 saturated heterocycles. The van der Waals surface area contributed by atoms with E-state index in [1.54, 1.807) is 12.1 Å². The first-order valence-electron chi connectivity index (χ1n) is 6.90. The van der Waals surface area contributed by atoms with Crippen molar-refractivity contribution in [3.05, 3.63) is 52.1 Å². The van der Waals surface area contributed by atoms with Crippen LogP contribution in [0.4, 0.5) is 0 Å². The summed E-state index contributed by atoms with van der Waals surface area (Å²) in [5, 5.41) is 0. The maximum absolute atomic E-state index is 12.1. The number of hydrogen-bond donors (Lipinski definition) is 0. The Kier molecular flexibility index (Phi) is 3.60. The van der Waals surface area contributed by atoms with Crippen molar-refractivity contribution in [2.45, 2.75) is 31.7 Å². The quantitative estimate of drug-likeness (QED) is 0.804. The van der Waals surface area contributed by atoms with Gasteiger partial charge in [0.2, 0.25) is 5.76 Å². The lowest BCUT2D eigenvalue weighted by atomic mass is 9.83. The Morgan fingerprint density at radius 2 is 2.33 bits per heavy atom. The average Bonchev–Trinajstić information content (AvgIpc) is 2.87. The van der Waals surface area contributed by atoms with E-state index in [0.29, 0.717) is 11.5 Å². The third-order valence-corrected chi connectivity index (χ3v) is 3.88. The smallest absolute Gasteiger partial charge is 0.374 e. The number of ether oxygens (including phenoxy) is 1. The van der Waals surface area contributed by atoms with Crippen molar-refractivity contribution in [2.75, 3.05) is 7.11 Å². The molecule has 1 aliphatic rings. The van der Waals surface area contributed by atoms with Crippen LogP contribution in [-0.4, -0.2) is 22.6 Å². The lowest BCUT2D eigenvalue weighted by Gasteiger charge is -2.24. The molecule has 0 aliphatic heterocycles. The number of furan rings is 1. The van der Waals surface area contributed by atoms with Crippen LogP contribution in [0, 0.1) is 0 Å². The molecule has 110 valence electrons. The Morgan fingerprint density at radius 3 is 2.95 bits per heavy atom. The first kappa shape index (κ1) is 13.6. The summed E-state index contributed by atoms with van der Waals surface area (Å²) in [7, 11) is 1.29. The Bertz CT molecular complexity index is 712. The molecule has 1 fully saturated rings. The Labute approximate surface area is 121 Å². The second kappa shape index (κ2) is 5.55. The van der Waals surface area contributed by atoms with Gasteiger partial charge in [0.15, 0.2) is 0 Å². The summed E-state index contributed by atoms with van der Waals surface area (Å²) in [4.78, 5) is 28.0. The molecular formula is C15H16N2O4. The van der Waals surface area contributed by atoms with E-state index in [1.807, 2.05) is 0 Å². The van der Waals surface area contributed by atoms with Gasteiger partial charge in [0.05, 0.1) is 31.9 Å². The van der Waals surface area contributed by atoms with Crippen molar-refractivity contribution in [3.8, 4) is 0 Å². The summed E-state index contributed by atoms with van der Waals surface area (Å²) in [6, 6.07) is 3.24. The van der Waals surface area contributed by atoms with Gasteiger partial charge in [-0.2, -0.15) is 0 Å². The van der Waals surface area contributed by atoms with Gasteiger partial charge in [0, 0.05) is 17.5 Å². The first-order valence-corrected chi connectivity index (χ1v) is 6.90. The highest BCUT2D eigenvalue weighted by atomic mass is 16.5. The minimum atomic E-state index is -0.554. The Morgan fingerprint density at radius 1 is 1.52 bits per heavy atom. The van der Waals surface area contributed by atoms with E-state index >= 15 is 0 Å². The fourth-order valence-electron chi connectivity index (χ4n) is 2.40. The molecule has 0 atom stereocenters. The fraction of sp³-hybridized carbons (Fsp3) is 0.400. The van der Waals surface area contributed by atoms with Crippen LogP contribution in [0.25, 0.3) is 0 Å². The van der Waals surface area contributed by atoms with Gasteiger partial charge in [0.1, 0.15) is 0 Å². The monoisotopic (exact) mass is 288 g/mol. The Balaban J connectivity index is 1.83. The lowest BCUT2D eigenvalue weighted by molar-refractivity contribution is 0.0563. The second-order valence-corrected chi connectivity index (χ2v) is 5.17. The van der Waals surface area contributed by atoms with Crippen LogP contribution < -0.4 is 5.56 Å². The van der Waals surface area contributed by atoms with Gasteiger partial charge in [0.25, 0.3) is 5.56 Å². The zero-order valence-electron chi connectivity index (χ0n) is 11.7. The third kappa shape index (κ3) is 2.61. The van der Waals surface area contributed by atoms with Crippen molar-refractivity contribution in [1.82, 2.24) is 9.55 Å². The van der Waals surface area contributed by atoms with Crippen LogP contribution in [0.2, 0.25) is 0 Å². The molecule has 2 aromatic heterocycles. The molecule has 0 N–H and O–H groups in total. The van der Waals surface area contributed by atoms with Gasteiger partial charge >= 0.3 is 5.97 Å². The molecule has 2 aromatic rings. The first-order chi connectivity index (χ1) is 10.2. The summed E-state index contributed by atoms with van der Waals surface area (Å²) in [6.07, 6.45) is 6.34. The fourth-order valence-corrected chi connectivity index (χ4v) is 2.40. The molecule has 0 aromatic carbocycles. The molecule has 1 aliphatic carbocycles. The molecule has 6 heteroatoms. The molecule has 0 amide bonds. The summed E-state index contributed by atoms with van der Waals surface area (Å²) in [6.45, 7) is 0.234. The van der Waals surface area contributed by atoms with E-state index in [9.17, 15) is 9.59 Å². The van der Waals surface area contributed by atoms with Gasteiger partial charge in [-0.25, -0.2) is 9.78 Å². The van der Waals surface area contributed by atoms with Crippen LogP contribution >= 0.6 is 0 Å². The molecule has 0 spiro atoms. The summed E-state index contributed by atoms with van der Waals surface area (Å²) < 4.78 is 11.2. The molecule has 2 heterocycles. The van der Waals surface area contributed by atoms with Crippen LogP contribution in [-0.2, 0) is 11.3 Å². The number of methoxy groups -OCH3 is 1. The topological polar surface area (TPSA) is 74.3 Å². The van der Waals surface area contributed by atoms with E-state index < -0.39 is 5.97 Å². The van der Waals surface area contributed by atoms with Gasteiger partial charge in [-0.3, -0.25) is 9.36 Å². The van der Waals surface area contributed by atoms with Crippen molar-refractivity contribution in [1.29, 1.82) is 0 Å². The van der Waals surface area contributed by atoms with Crippen molar-refractivity contribution in [3.63, 3.8) is 0 Å². The van der Waals surface area contributed by atoms with Gasteiger partial charge in [-0.05, 0) is 18.9 Å². The number of carbonyl (C=O) groups excluding carboxylic acids is 1. The molecular weight excluding hydrogens is 272 g/mol. The van der Waals surface area contributed by atoms with Crippen LogP contribution in [0.1, 0.15) is 47.0 Å². The number of aromatic nitrogens is 2. The lowest BCUT2D eigenvalue weighted by Crippen LogP contribution is -2.24. The maximum Gasteiger partial charge on any atom is 0.374 e. The van der Waals surface area contributed by atoms with Gasteiger partial charge in [-0.1, -0.05) is 6.42 Å². The van der Waals surface area contributed by atoms with E-state index in [4.69, 9.17) is 4.42 Å². The average molecular weight is 288 g/mol. The molecule has 21 heavy (non-hydrogen) atoms. The summed E-state index contributed by atoms with van der Waals surface area (Å²) in [5.41, 5.74) is 1.34. The molecule has 0 unspecified atom stereocenters. The van der Waals surface area contributed by atoms with Crippen molar-refractivity contribution in [2.24, 2.45) is 0 Å². The molecule has 0 radical (unpaired) electrons. The third-order valence-electron chi connectivity index (χ3n) is 3.88. The van der Waals surface area contributed by atoms with Gasteiger partial charge in [-0.15, -0.1) is 0 Å². The van der Waals surface area contributed by atoms with E-state index in [-0.39, 0.29) is 17.9 Å². The van der Waals surface area contributed by atoms with Crippen LogP contribution in [0.3, 0.4) is 0 Å². The standard InChI is InChI=1S/C15H16N2O4/c1-20-15(19)14-11(5-6-21-14)8-17-9-16-12(7-13(17)18)10-3-2-4-10/h5-7,9-10H,2-4,8H2,1H3. The highest BCUT2D eigenvalue weighted by molar-refractivity contribution is 5.87. The predicted molar refractivity (Wildman–Crippen MR) is 74.2 cm³/mol. The zero-order valence-corrected chi connectivity index (χ0v) is 11.7. The molecule has 3 rings (SSSR count). The second-order valence-electron chi connectivity index (χ2n) is 5.17. The predicted octanol–water partition coefficient (Wildman–Crippen LogP) is 1.94. The zero-order chi connectivity index (χ0) is 14.8. The minimum Gasteiger partial charge on any atom is -0.463 e. The SMILES string of the molecule is COC(=O)c1occc1Cn1cnc(C2CCC2)cc1=O. The highest BCUT2D eigenvalue weighted by Gasteiger charge is 2.22. The minimum absolute atomic E-state index is 0.118. The van der Waals surface area contributed by atoms with Crippen molar-refractivity contribution < 1.29 is 13.9 Å². The molecule has 1 saturated carbocycles. The largest absolute Gasteiger partial charge is 0.463 e. The number of hydrogen-bond acceptors (Lipinski definition) is 5. The summed E-state index contributed by atoms with van der Waals surface area (Å²) >= 11 is 0. The van der Waals surface area contributed by atoms with Crippen LogP contribution in [0.5, 0.6) is 0 Å².